The molecule has 2 amide bonds. The van der Waals surface area contributed by atoms with E-state index in [2.05, 4.69) is 42.4 Å². The van der Waals surface area contributed by atoms with E-state index in [1.807, 2.05) is 29.8 Å². The summed E-state index contributed by atoms with van der Waals surface area (Å²) in [5, 5.41) is 5.56. The number of carbonyl (C=O) groups is 2. The van der Waals surface area contributed by atoms with Crippen LogP contribution in [0.1, 0.15) is 21.2 Å². The molecule has 0 unspecified atom stereocenters. The zero-order chi connectivity index (χ0) is 28.0. The summed E-state index contributed by atoms with van der Waals surface area (Å²) in [5.74, 6) is 1.37. The molecule has 0 aromatic carbocycles. The highest BCUT2D eigenvalue weighted by Crippen LogP contribution is 2.26. The van der Waals surface area contributed by atoms with Crippen molar-refractivity contribution in [1.29, 1.82) is 0 Å². The van der Waals surface area contributed by atoms with Crippen molar-refractivity contribution in [1.82, 2.24) is 43.5 Å². The summed E-state index contributed by atoms with van der Waals surface area (Å²) in [4.78, 5) is 51.3. The molecule has 3 N–H and O–H groups in total. The number of rotatable bonds is 6. The number of piperazine rings is 1. The molecule has 0 aliphatic carbocycles. The number of amides is 2. The van der Waals surface area contributed by atoms with E-state index >= 15 is 0 Å². The van der Waals surface area contributed by atoms with Gasteiger partial charge in [-0.25, -0.2) is 19.9 Å². The van der Waals surface area contributed by atoms with Crippen molar-refractivity contribution in [2.45, 2.75) is 0 Å². The van der Waals surface area contributed by atoms with E-state index in [9.17, 15) is 9.59 Å². The maximum atomic E-state index is 13.0. The number of likely N-dealkylation sites (N-methyl/N-ethyl adjacent to an activating group) is 1. The number of pyridine rings is 1. The van der Waals surface area contributed by atoms with Gasteiger partial charge in [0.1, 0.15) is 5.82 Å². The number of fused-ring (bicyclic) bond motifs is 1. The van der Waals surface area contributed by atoms with E-state index in [0.717, 1.165) is 43.2 Å². The van der Waals surface area contributed by atoms with E-state index in [0.29, 0.717) is 17.2 Å². The predicted molar refractivity (Wildman–Crippen MR) is 150 cm³/mol. The van der Waals surface area contributed by atoms with Crippen molar-refractivity contribution in [3.63, 3.8) is 0 Å². The minimum Gasteiger partial charge on any atom is -0.354 e. The Hall–Kier alpha value is -4.98. The van der Waals surface area contributed by atoms with E-state index in [-0.39, 0.29) is 17.5 Å². The van der Waals surface area contributed by atoms with Crippen molar-refractivity contribution in [2.24, 2.45) is 21.1 Å². The standard InChI is InChI=1S/C26H30N12O2/c1-34-9-11-38(12-10-34)20-6-5-17-21(32-20)33-22(29-17)18-13-16(14-36(18)3)28-26(40)24-30-19(15-37(24)4)31-25(39)23-27-7-8-35(23)2/h5-8,13-15H,9-12H2,1-4H3,(H,28,40)(H,31,39)(H,29,32,33). The largest absolute Gasteiger partial charge is 0.354 e. The molecule has 0 atom stereocenters. The summed E-state index contributed by atoms with van der Waals surface area (Å²) in [7, 11) is 7.42. The topological polar surface area (TPSA) is 147 Å². The zero-order valence-corrected chi connectivity index (χ0v) is 22.7. The third kappa shape index (κ3) is 4.80. The molecule has 40 heavy (non-hydrogen) atoms. The van der Waals surface area contributed by atoms with E-state index in [1.54, 1.807) is 41.8 Å². The van der Waals surface area contributed by atoms with Gasteiger partial charge in [-0.3, -0.25) is 9.59 Å². The van der Waals surface area contributed by atoms with Gasteiger partial charge in [0.05, 0.1) is 16.9 Å². The van der Waals surface area contributed by atoms with Gasteiger partial charge in [0.2, 0.25) is 5.82 Å². The quantitative estimate of drug-likeness (QED) is 0.294. The van der Waals surface area contributed by atoms with Crippen molar-refractivity contribution >= 4 is 40.3 Å². The first kappa shape index (κ1) is 25.3. The number of nitrogens with zero attached hydrogens (tertiary/aromatic N) is 9. The normalized spacial score (nSPS) is 14.2. The second-order valence-corrected chi connectivity index (χ2v) is 9.97. The summed E-state index contributed by atoms with van der Waals surface area (Å²) >= 11 is 0. The SMILES string of the molecule is CN1CCN(c2ccc3[nH]c(-c4cc(NC(=O)c5nc(NC(=O)c6nccn6C)cn5C)cn4C)nc3n2)CC1. The van der Waals surface area contributed by atoms with Crippen LogP contribution in [0.15, 0.2) is 43.0 Å². The van der Waals surface area contributed by atoms with Gasteiger partial charge < -0.3 is 39.1 Å². The maximum absolute atomic E-state index is 13.0. The molecule has 1 aliphatic rings. The summed E-state index contributed by atoms with van der Waals surface area (Å²) in [5.41, 5.74) is 2.85. The molecule has 6 heterocycles. The Balaban J connectivity index is 1.17. The van der Waals surface area contributed by atoms with Gasteiger partial charge in [0, 0.05) is 72.1 Å². The monoisotopic (exact) mass is 542 g/mol. The van der Waals surface area contributed by atoms with Crippen LogP contribution in [0.5, 0.6) is 0 Å². The maximum Gasteiger partial charge on any atom is 0.292 e. The van der Waals surface area contributed by atoms with Gasteiger partial charge in [-0.1, -0.05) is 0 Å². The van der Waals surface area contributed by atoms with Gasteiger partial charge >= 0.3 is 0 Å². The first-order valence-corrected chi connectivity index (χ1v) is 12.9. The molecule has 5 aromatic heterocycles. The molecule has 0 bridgehead atoms. The number of aryl methyl sites for hydroxylation is 3. The summed E-state index contributed by atoms with van der Waals surface area (Å²) in [6.45, 7) is 3.87. The molecule has 14 nitrogen and oxygen atoms in total. The lowest BCUT2D eigenvalue weighted by atomic mass is 10.3. The molecule has 1 saturated heterocycles. The number of aromatic amines is 1. The van der Waals surface area contributed by atoms with Gasteiger partial charge in [0.25, 0.3) is 11.8 Å². The van der Waals surface area contributed by atoms with Crippen molar-refractivity contribution < 1.29 is 9.59 Å². The van der Waals surface area contributed by atoms with Crippen LogP contribution < -0.4 is 15.5 Å². The lowest BCUT2D eigenvalue weighted by molar-refractivity contribution is 0.0999. The molecule has 14 heteroatoms. The van der Waals surface area contributed by atoms with E-state index < -0.39 is 11.8 Å². The summed E-state index contributed by atoms with van der Waals surface area (Å²) < 4.78 is 5.03. The van der Waals surface area contributed by atoms with Crippen LogP contribution in [0.3, 0.4) is 0 Å². The molecule has 0 radical (unpaired) electrons. The molecular formula is C26H30N12O2. The van der Waals surface area contributed by atoms with Crippen LogP contribution in [-0.2, 0) is 21.1 Å². The first-order valence-electron chi connectivity index (χ1n) is 12.9. The minimum absolute atomic E-state index is 0.143. The number of imidazole rings is 3. The molecule has 5 aromatic rings. The number of H-pyrrole nitrogens is 1. The van der Waals surface area contributed by atoms with Gasteiger partial charge in [-0.05, 0) is 25.2 Å². The van der Waals surface area contributed by atoms with Crippen LogP contribution in [-0.4, -0.2) is 88.6 Å². The minimum atomic E-state index is -0.416. The zero-order valence-electron chi connectivity index (χ0n) is 22.7. The van der Waals surface area contributed by atoms with Crippen LogP contribution in [0.4, 0.5) is 17.3 Å². The van der Waals surface area contributed by atoms with Crippen molar-refractivity contribution in [3.8, 4) is 11.5 Å². The lowest BCUT2D eigenvalue weighted by Gasteiger charge is -2.33. The van der Waals surface area contributed by atoms with Crippen molar-refractivity contribution in [3.05, 3.63) is 54.6 Å². The smallest absolute Gasteiger partial charge is 0.292 e. The van der Waals surface area contributed by atoms with Crippen LogP contribution >= 0.6 is 0 Å². The second kappa shape index (κ2) is 9.96. The van der Waals surface area contributed by atoms with Crippen molar-refractivity contribution in [2.75, 3.05) is 48.8 Å². The number of anilines is 3. The lowest BCUT2D eigenvalue weighted by Crippen LogP contribution is -2.44. The molecule has 0 saturated carbocycles. The molecule has 0 spiro atoms. The third-order valence-corrected chi connectivity index (χ3v) is 7.01. The fourth-order valence-electron chi connectivity index (χ4n) is 4.77. The molecule has 6 rings (SSSR count). The number of hydrogen-bond acceptors (Lipinski definition) is 8. The van der Waals surface area contributed by atoms with Gasteiger partial charge in [-0.15, -0.1) is 0 Å². The molecular weight excluding hydrogens is 512 g/mol. The number of aromatic nitrogens is 8. The molecule has 1 aliphatic heterocycles. The van der Waals surface area contributed by atoms with E-state index in [4.69, 9.17) is 9.97 Å². The highest BCUT2D eigenvalue weighted by molar-refractivity contribution is 6.04. The Morgan fingerprint density at radius 1 is 0.850 bits per heavy atom. The van der Waals surface area contributed by atoms with Gasteiger partial charge in [-0.2, -0.15) is 0 Å². The Bertz CT molecular complexity index is 1720. The number of nitrogens with one attached hydrogen (secondary N) is 3. The van der Waals surface area contributed by atoms with Crippen LogP contribution in [0.2, 0.25) is 0 Å². The summed E-state index contributed by atoms with van der Waals surface area (Å²) in [6, 6.07) is 5.86. The molecule has 206 valence electrons. The predicted octanol–water partition coefficient (Wildman–Crippen LogP) is 1.69. The third-order valence-electron chi connectivity index (χ3n) is 7.01. The molecule has 1 fully saturated rings. The first-order chi connectivity index (χ1) is 19.2. The second-order valence-electron chi connectivity index (χ2n) is 9.97. The Morgan fingerprint density at radius 2 is 1.62 bits per heavy atom. The van der Waals surface area contributed by atoms with Crippen LogP contribution in [0, 0.1) is 0 Å². The average Bonchev–Trinajstić information content (AvgIpc) is 3.70. The highest BCUT2D eigenvalue weighted by atomic mass is 16.2. The fraction of sp³-hybridized carbons (Fsp3) is 0.308. The number of carbonyl (C=O) groups excluding carboxylic acids is 2. The Kier molecular flexibility index (Phi) is 6.30. The Morgan fingerprint density at radius 3 is 2.38 bits per heavy atom. The average molecular weight is 543 g/mol. The Labute approximate surface area is 229 Å². The highest BCUT2D eigenvalue weighted by Gasteiger charge is 2.20. The van der Waals surface area contributed by atoms with Gasteiger partial charge in [0.15, 0.2) is 23.1 Å². The fourth-order valence-corrected chi connectivity index (χ4v) is 4.77. The van der Waals surface area contributed by atoms with E-state index in [1.165, 1.54) is 6.20 Å². The summed E-state index contributed by atoms with van der Waals surface area (Å²) in [6.07, 6.45) is 6.59. The number of hydrogen-bond donors (Lipinski definition) is 3. The van der Waals surface area contributed by atoms with Crippen LogP contribution in [0.25, 0.3) is 22.7 Å².